The number of fused-ring (bicyclic) bond motifs is 1. The SMILES string of the molecule is Nc1[nH]nc2c1ncn2C1CC(O)C(CO)O1. The second-order valence-corrected chi connectivity index (χ2v) is 4.08. The van der Waals surface area contributed by atoms with Crippen LogP contribution in [-0.2, 0) is 4.74 Å². The number of nitrogen functional groups attached to an aromatic ring is 1. The van der Waals surface area contributed by atoms with Gasteiger partial charge < -0.3 is 20.7 Å². The second-order valence-electron chi connectivity index (χ2n) is 4.08. The number of imidazole rings is 1. The summed E-state index contributed by atoms with van der Waals surface area (Å²) < 4.78 is 7.21. The highest BCUT2D eigenvalue weighted by Gasteiger charge is 2.35. The van der Waals surface area contributed by atoms with Crippen molar-refractivity contribution < 1.29 is 14.9 Å². The summed E-state index contributed by atoms with van der Waals surface area (Å²) in [6.45, 7) is -0.210. The number of aromatic nitrogens is 4. The maximum Gasteiger partial charge on any atom is 0.186 e. The van der Waals surface area contributed by atoms with Crippen LogP contribution in [0.1, 0.15) is 12.6 Å². The average Bonchev–Trinajstić information content (AvgIpc) is 2.95. The van der Waals surface area contributed by atoms with Gasteiger partial charge in [0.05, 0.1) is 19.0 Å². The first-order valence-corrected chi connectivity index (χ1v) is 5.31. The van der Waals surface area contributed by atoms with E-state index < -0.39 is 12.2 Å². The van der Waals surface area contributed by atoms with Crippen molar-refractivity contribution in [2.24, 2.45) is 0 Å². The van der Waals surface area contributed by atoms with Crippen molar-refractivity contribution in [2.45, 2.75) is 24.9 Å². The van der Waals surface area contributed by atoms with Crippen LogP contribution in [0.25, 0.3) is 11.2 Å². The minimum Gasteiger partial charge on any atom is -0.394 e. The summed E-state index contributed by atoms with van der Waals surface area (Å²) >= 11 is 0. The lowest BCUT2D eigenvalue weighted by Crippen LogP contribution is -2.24. The molecule has 0 saturated carbocycles. The molecule has 8 nitrogen and oxygen atoms in total. The van der Waals surface area contributed by atoms with E-state index in [1.165, 1.54) is 0 Å². The highest BCUT2D eigenvalue weighted by molar-refractivity contribution is 5.82. The zero-order valence-electron chi connectivity index (χ0n) is 8.95. The molecule has 0 bridgehead atoms. The van der Waals surface area contributed by atoms with E-state index in [1.54, 1.807) is 10.9 Å². The van der Waals surface area contributed by atoms with Gasteiger partial charge in [0, 0.05) is 6.42 Å². The minimum atomic E-state index is -0.682. The number of rotatable bonds is 2. The van der Waals surface area contributed by atoms with Gasteiger partial charge in [-0.25, -0.2) is 4.98 Å². The Morgan fingerprint density at radius 1 is 1.65 bits per heavy atom. The van der Waals surface area contributed by atoms with Crippen molar-refractivity contribution in [2.75, 3.05) is 12.3 Å². The van der Waals surface area contributed by atoms with Gasteiger partial charge in [-0.1, -0.05) is 0 Å². The van der Waals surface area contributed by atoms with Crippen LogP contribution in [0.5, 0.6) is 0 Å². The Morgan fingerprint density at radius 3 is 3.18 bits per heavy atom. The van der Waals surface area contributed by atoms with E-state index in [4.69, 9.17) is 15.6 Å². The van der Waals surface area contributed by atoms with Crippen molar-refractivity contribution in [3.05, 3.63) is 6.33 Å². The third-order valence-corrected chi connectivity index (χ3v) is 3.00. The third-order valence-electron chi connectivity index (χ3n) is 3.00. The minimum absolute atomic E-state index is 0.210. The van der Waals surface area contributed by atoms with Crippen molar-refractivity contribution >= 4 is 17.0 Å². The first-order valence-electron chi connectivity index (χ1n) is 5.31. The zero-order chi connectivity index (χ0) is 12.0. The van der Waals surface area contributed by atoms with Crippen LogP contribution in [-0.4, -0.2) is 48.8 Å². The number of H-pyrrole nitrogens is 1. The molecule has 17 heavy (non-hydrogen) atoms. The molecule has 3 unspecified atom stereocenters. The smallest absolute Gasteiger partial charge is 0.186 e. The van der Waals surface area contributed by atoms with Gasteiger partial charge in [0.25, 0.3) is 0 Å². The molecule has 1 aliphatic heterocycles. The Morgan fingerprint density at radius 2 is 2.47 bits per heavy atom. The molecule has 2 aromatic heterocycles. The molecule has 8 heteroatoms. The van der Waals surface area contributed by atoms with Gasteiger partial charge in [-0.3, -0.25) is 9.67 Å². The predicted molar refractivity (Wildman–Crippen MR) is 57.9 cm³/mol. The molecule has 92 valence electrons. The van der Waals surface area contributed by atoms with E-state index in [2.05, 4.69) is 15.2 Å². The highest BCUT2D eigenvalue weighted by Crippen LogP contribution is 2.31. The summed E-state index contributed by atoms with van der Waals surface area (Å²) in [5, 5.41) is 25.3. The molecule has 1 saturated heterocycles. The van der Waals surface area contributed by atoms with Gasteiger partial charge in [-0.15, -0.1) is 0 Å². The summed E-state index contributed by atoms with van der Waals surface area (Å²) in [4.78, 5) is 4.12. The zero-order valence-corrected chi connectivity index (χ0v) is 8.95. The maximum atomic E-state index is 9.66. The van der Waals surface area contributed by atoms with Crippen molar-refractivity contribution in [3.8, 4) is 0 Å². The molecule has 2 aromatic rings. The summed E-state index contributed by atoms with van der Waals surface area (Å²) in [6, 6.07) is 0. The van der Waals surface area contributed by atoms with Gasteiger partial charge >= 0.3 is 0 Å². The summed E-state index contributed by atoms with van der Waals surface area (Å²) in [6.07, 6.45) is 0.338. The number of hydrogen-bond acceptors (Lipinski definition) is 6. The monoisotopic (exact) mass is 239 g/mol. The third kappa shape index (κ3) is 1.49. The lowest BCUT2D eigenvalue weighted by atomic mass is 10.2. The first kappa shape index (κ1) is 10.5. The number of aliphatic hydroxyl groups excluding tert-OH is 2. The number of anilines is 1. The summed E-state index contributed by atoms with van der Waals surface area (Å²) in [7, 11) is 0. The fourth-order valence-corrected chi connectivity index (χ4v) is 2.08. The Kier molecular flexibility index (Phi) is 2.28. The quantitative estimate of drug-likeness (QED) is 0.532. The molecule has 3 rings (SSSR count). The van der Waals surface area contributed by atoms with E-state index >= 15 is 0 Å². The number of nitrogens with one attached hydrogen (secondary N) is 1. The first-order chi connectivity index (χ1) is 8.20. The Labute approximate surface area is 96.0 Å². The summed E-state index contributed by atoms with van der Waals surface area (Å²) in [5.41, 5.74) is 6.81. The van der Waals surface area contributed by atoms with Crippen LogP contribution in [0.2, 0.25) is 0 Å². The lowest BCUT2D eigenvalue weighted by Gasteiger charge is -2.12. The van der Waals surface area contributed by atoms with Gasteiger partial charge in [0.1, 0.15) is 18.1 Å². The molecular weight excluding hydrogens is 226 g/mol. The lowest BCUT2D eigenvalue weighted by molar-refractivity contribution is -0.0432. The fourth-order valence-electron chi connectivity index (χ4n) is 2.08. The summed E-state index contributed by atoms with van der Waals surface area (Å²) in [5.74, 6) is 0.399. The van der Waals surface area contributed by atoms with Crippen molar-refractivity contribution in [1.29, 1.82) is 0 Å². The number of ether oxygens (including phenoxy) is 1. The number of aliphatic hydroxyl groups is 2. The molecule has 1 fully saturated rings. The van der Waals surface area contributed by atoms with Crippen LogP contribution >= 0.6 is 0 Å². The standard InChI is InChI=1S/C9H13N5O3/c10-8-7-9(13-12-8)14(3-11-7)6-1-4(16)5(2-15)17-6/h3-6,15-16H,1-2H2,(H3,10,12,13). The Balaban J connectivity index is 1.95. The number of nitrogens with zero attached hydrogens (tertiary/aromatic N) is 3. The number of nitrogens with two attached hydrogens (primary N) is 1. The second kappa shape index (κ2) is 3.69. The average molecular weight is 239 g/mol. The van der Waals surface area contributed by atoms with Crippen LogP contribution in [0.3, 0.4) is 0 Å². The van der Waals surface area contributed by atoms with Crippen molar-refractivity contribution in [1.82, 2.24) is 19.7 Å². The molecule has 3 heterocycles. The Bertz CT molecular complexity index is 536. The molecule has 0 aromatic carbocycles. The molecule has 0 spiro atoms. The molecule has 3 atom stereocenters. The van der Waals surface area contributed by atoms with E-state index in [0.29, 0.717) is 23.4 Å². The van der Waals surface area contributed by atoms with Gasteiger partial charge in [0.15, 0.2) is 11.2 Å². The largest absolute Gasteiger partial charge is 0.394 e. The van der Waals surface area contributed by atoms with Crippen LogP contribution in [0, 0.1) is 0 Å². The number of aromatic amines is 1. The van der Waals surface area contributed by atoms with E-state index in [-0.39, 0.29) is 12.8 Å². The van der Waals surface area contributed by atoms with E-state index in [0.717, 1.165) is 0 Å². The van der Waals surface area contributed by atoms with Crippen LogP contribution in [0.15, 0.2) is 6.33 Å². The van der Waals surface area contributed by atoms with Gasteiger partial charge in [-0.05, 0) is 0 Å². The van der Waals surface area contributed by atoms with Gasteiger partial charge in [-0.2, -0.15) is 5.10 Å². The highest BCUT2D eigenvalue weighted by atomic mass is 16.5. The van der Waals surface area contributed by atoms with Gasteiger partial charge in [0.2, 0.25) is 0 Å². The molecule has 0 aliphatic carbocycles. The number of hydrogen-bond donors (Lipinski definition) is 4. The molecule has 1 aliphatic rings. The Hall–Kier alpha value is -1.64. The van der Waals surface area contributed by atoms with E-state index in [1.807, 2.05) is 0 Å². The fraction of sp³-hybridized carbons (Fsp3) is 0.556. The van der Waals surface area contributed by atoms with E-state index in [9.17, 15) is 5.11 Å². The molecule has 5 N–H and O–H groups in total. The molecule has 0 amide bonds. The maximum absolute atomic E-state index is 9.66. The molecule has 0 radical (unpaired) electrons. The predicted octanol–water partition coefficient (Wildman–Crippen LogP) is -1.02. The van der Waals surface area contributed by atoms with Crippen LogP contribution in [0.4, 0.5) is 5.82 Å². The van der Waals surface area contributed by atoms with Crippen LogP contribution < -0.4 is 5.73 Å². The topological polar surface area (TPSA) is 122 Å². The molecular formula is C9H13N5O3. The normalized spacial score (nSPS) is 29.2. The van der Waals surface area contributed by atoms with Crippen molar-refractivity contribution in [3.63, 3.8) is 0 Å².